The molecule has 2 aromatic carbocycles. The van der Waals surface area contributed by atoms with E-state index in [1.807, 2.05) is 31.2 Å². The Balaban J connectivity index is 1.59. The van der Waals surface area contributed by atoms with E-state index in [9.17, 15) is 4.79 Å². The van der Waals surface area contributed by atoms with Crippen molar-refractivity contribution in [3.8, 4) is 23.0 Å². The molecule has 4 rings (SSSR count). The van der Waals surface area contributed by atoms with Crippen LogP contribution in [0.2, 0.25) is 5.02 Å². The quantitative estimate of drug-likeness (QED) is 0.599. The van der Waals surface area contributed by atoms with Crippen molar-refractivity contribution in [1.82, 2.24) is 10.1 Å². The summed E-state index contributed by atoms with van der Waals surface area (Å²) in [5.74, 6) is 1.89. The highest BCUT2D eigenvalue weighted by Crippen LogP contribution is 2.38. The fourth-order valence-electron chi connectivity index (χ4n) is 3.42. The predicted molar refractivity (Wildman–Crippen MR) is 109 cm³/mol. The van der Waals surface area contributed by atoms with Gasteiger partial charge in [-0.25, -0.2) is 0 Å². The van der Waals surface area contributed by atoms with Gasteiger partial charge in [-0.05, 0) is 37.3 Å². The second-order valence-corrected chi connectivity index (χ2v) is 7.04. The number of carbonyl (C=O) groups is 1. The highest BCUT2D eigenvalue weighted by Gasteiger charge is 2.36. The molecule has 0 bridgehead atoms. The minimum atomic E-state index is -0.192. The van der Waals surface area contributed by atoms with E-state index in [1.54, 1.807) is 30.2 Å². The lowest BCUT2D eigenvalue weighted by Gasteiger charge is -2.19. The van der Waals surface area contributed by atoms with Gasteiger partial charge in [0.2, 0.25) is 5.91 Å². The van der Waals surface area contributed by atoms with Gasteiger partial charge >= 0.3 is 0 Å². The Bertz CT molecular complexity index is 1040. The molecular weight excluding hydrogens is 394 g/mol. The molecule has 1 atom stereocenters. The van der Waals surface area contributed by atoms with Crippen molar-refractivity contribution in [2.24, 2.45) is 0 Å². The molecule has 3 aromatic rings. The number of hydrogen-bond acceptors (Lipinski definition) is 6. The number of aromatic nitrogens is 2. The van der Waals surface area contributed by atoms with Gasteiger partial charge in [0.1, 0.15) is 11.5 Å². The molecule has 0 saturated carbocycles. The second kappa shape index (κ2) is 8.13. The van der Waals surface area contributed by atoms with Gasteiger partial charge in [0.05, 0.1) is 25.0 Å². The van der Waals surface area contributed by atoms with Crippen molar-refractivity contribution in [3.05, 3.63) is 53.3 Å². The van der Waals surface area contributed by atoms with Crippen LogP contribution in [0.4, 0.5) is 5.69 Å². The fraction of sp³-hybridized carbons (Fsp3) is 0.286. The van der Waals surface area contributed by atoms with Crippen LogP contribution in [0.3, 0.4) is 0 Å². The first-order valence-electron chi connectivity index (χ1n) is 9.30. The summed E-state index contributed by atoms with van der Waals surface area (Å²) in [6, 6.07) is 12.7. The van der Waals surface area contributed by atoms with E-state index in [0.29, 0.717) is 47.1 Å². The molecule has 1 fully saturated rings. The van der Waals surface area contributed by atoms with Crippen LogP contribution in [0, 0.1) is 0 Å². The molecule has 0 spiro atoms. The van der Waals surface area contributed by atoms with Crippen molar-refractivity contribution in [3.63, 3.8) is 0 Å². The number of hydrogen-bond donors (Lipinski definition) is 0. The van der Waals surface area contributed by atoms with Crippen molar-refractivity contribution in [2.45, 2.75) is 19.3 Å². The minimum Gasteiger partial charge on any atom is -0.495 e. The van der Waals surface area contributed by atoms with E-state index in [0.717, 1.165) is 5.56 Å². The molecule has 1 unspecified atom stereocenters. The van der Waals surface area contributed by atoms with Crippen molar-refractivity contribution >= 4 is 23.2 Å². The predicted octanol–water partition coefficient (Wildman–Crippen LogP) is 4.32. The third kappa shape index (κ3) is 3.78. The summed E-state index contributed by atoms with van der Waals surface area (Å²) in [6.07, 6.45) is 0.280. The highest BCUT2D eigenvalue weighted by molar-refractivity contribution is 6.31. The van der Waals surface area contributed by atoms with Crippen LogP contribution in [0.25, 0.3) is 11.5 Å². The Kier molecular flexibility index (Phi) is 5.40. The Morgan fingerprint density at radius 3 is 2.86 bits per heavy atom. The molecule has 8 heteroatoms. The lowest BCUT2D eigenvalue weighted by molar-refractivity contribution is -0.117. The number of anilines is 1. The molecule has 1 aromatic heterocycles. The minimum absolute atomic E-state index is 0.0448. The number of halogens is 1. The third-order valence-electron chi connectivity index (χ3n) is 4.78. The lowest BCUT2D eigenvalue weighted by Crippen LogP contribution is -2.24. The lowest BCUT2D eigenvalue weighted by atomic mass is 10.1. The maximum atomic E-state index is 12.7. The van der Waals surface area contributed by atoms with Crippen LogP contribution in [-0.2, 0) is 4.79 Å². The number of benzene rings is 2. The van der Waals surface area contributed by atoms with Crippen molar-refractivity contribution in [1.29, 1.82) is 0 Å². The van der Waals surface area contributed by atoms with E-state index >= 15 is 0 Å². The van der Waals surface area contributed by atoms with Gasteiger partial charge in [-0.1, -0.05) is 28.9 Å². The highest BCUT2D eigenvalue weighted by atomic mass is 35.5. The van der Waals surface area contributed by atoms with E-state index in [-0.39, 0.29) is 18.2 Å². The number of methoxy groups -OCH3 is 1. The molecule has 1 aliphatic heterocycles. The van der Waals surface area contributed by atoms with Gasteiger partial charge in [0.25, 0.3) is 5.89 Å². The summed E-state index contributed by atoms with van der Waals surface area (Å²) in [6.45, 7) is 2.87. The zero-order valence-electron chi connectivity index (χ0n) is 16.1. The molecule has 150 valence electrons. The van der Waals surface area contributed by atoms with Crippen molar-refractivity contribution < 1.29 is 18.8 Å². The number of nitrogens with zero attached hydrogens (tertiary/aromatic N) is 3. The Hall–Kier alpha value is -3.06. The Labute approximate surface area is 173 Å². The topological polar surface area (TPSA) is 77.7 Å². The number of para-hydroxylation sites is 1. The second-order valence-electron chi connectivity index (χ2n) is 6.61. The number of rotatable bonds is 6. The first-order chi connectivity index (χ1) is 14.1. The molecule has 29 heavy (non-hydrogen) atoms. The largest absolute Gasteiger partial charge is 0.495 e. The first kappa shape index (κ1) is 19.3. The van der Waals surface area contributed by atoms with E-state index in [2.05, 4.69) is 10.1 Å². The van der Waals surface area contributed by atoms with E-state index in [1.165, 1.54) is 0 Å². The fourth-order valence-corrected chi connectivity index (χ4v) is 3.59. The molecule has 0 radical (unpaired) electrons. The SMILES string of the molecule is CCOc1ccccc1-c1nc(C2CC(=O)N(c3cc(Cl)ccc3OC)C2)no1. The van der Waals surface area contributed by atoms with Crippen LogP contribution in [0.1, 0.15) is 25.1 Å². The summed E-state index contributed by atoms with van der Waals surface area (Å²) >= 11 is 6.12. The van der Waals surface area contributed by atoms with E-state index < -0.39 is 0 Å². The van der Waals surface area contributed by atoms with Gasteiger partial charge in [-0.15, -0.1) is 0 Å². The van der Waals surface area contributed by atoms with E-state index in [4.69, 9.17) is 25.6 Å². The van der Waals surface area contributed by atoms with Gasteiger partial charge in [0.15, 0.2) is 5.82 Å². The molecule has 1 saturated heterocycles. The molecule has 0 aliphatic carbocycles. The summed E-state index contributed by atoms with van der Waals surface area (Å²) < 4.78 is 16.5. The molecule has 2 heterocycles. The van der Waals surface area contributed by atoms with Crippen LogP contribution in [0.15, 0.2) is 47.0 Å². The molecular formula is C21H20ClN3O4. The molecule has 1 aliphatic rings. The van der Waals surface area contributed by atoms with Crippen LogP contribution < -0.4 is 14.4 Å². The smallest absolute Gasteiger partial charge is 0.261 e. The zero-order valence-corrected chi connectivity index (χ0v) is 16.8. The summed E-state index contributed by atoms with van der Waals surface area (Å²) in [5, 5.41) is 4.65. The van der Waals surface area contributed by atoms with Crippen LogP contribution >= 0.6 is 11.6 Å². The Morgan fingerprint density at radius 2 is 2.07 bits per heavy atom. The van der Waals surface area contributed by atoms with Crippen LogP contribution in [0.5, 0.6) is 11.5 Å². The standard InChI is InChI=1S/C21H20ClN3O4/c1-3-28-17-7-5-4-6-15(17)21-23-20(24-29-21)13-10-19(26)25(12-13)16-11-14(22)8-9-18(16)27-2/h4-9,11,13H,3,10,12H2,1-2H3. The van der Waals surface area contributed by atoms with Gasteiger partial charge in [-0.2, -0.15) is 4.98 Å². The molecule has 1 amide bonds. The Morgan fingerprint density at radius 1 is 1.24 bits per heavy atom. The first-order valence-corrected chi connectivity index (χ1v) is 9.68. The molecule has 7 nitrogen and oxygen atoms in total. The van der Waals surface area contributed by atoms with Crippen molar-refractivity contribution in [2.75, 3.05) is 25.2 Å². The maximum absolute atomic E-state index is 12.7. The molecule has 0 N–H and O–H groups in total. The summed E-state index contributed by atoms with van der Waals surface area (Å²) in [7, 11) is 1.56. The monoisotopic (exact) mass is 413 g/mol. The van der Waals surface area contributed by atoms with Gasteiger partial charge in [0, 0.05) is 23.9 Å². The third-order valence-corrected chi connectivity index (χ3v) is 5.02. The van der Waals surface area contributed by atoms with Gasteiger partial charge in [-0.3, -0.25) is 4.79 Å². The van der Waals surface area contributed by atoms with Crippen LogP contribution in [-0.4, -0.2) is 36.3 Å². The summed E-state index contributed by atoms with van der Waals surface area (Å²) in [5.41, 5.74) is 1.36. The maximum Gasteiger partial charge on any atom is 0.261 e. The number of carbonyl (C=O) groups excluding carboxylic acids is 1. The average molecular weight is 414 g/mol. The zero-order chi connectivity index (χ0) is 20.4. The average Bonchev–Trinajstić information content (AvgIpc) is 3.35. The van der Waals surface area contributed by atoms with Gasteiger partial charge < -0.3 is 18.9 Å². The summed E-state index contributed by atoms with van der Waals surface area (Å²) in [4.78, 5) is 18.9. The number of ether oxygens (including phenoxy) is 2. The number of amides is 1. The normalized spacial score (nSPS) is 16.3.